The molecule has 1 fully saturated rings. The van der Waals surface area contributed by atoms with Crippen LogP contribution in [0, 0.1) is 0 Å². The fourth-order valence-corrected chi connectivity index (χ4v) is 3.61. The Bertz CT molecular complexity index is 796. The van der Waals surface area contributed by atoms with E-state index in [2.05, 4.69) is 0 Å². The van der Waals surface area contributed by atoms with E-state index in [1.165, 1.54) is 11.0 Å². The predicted octanol–water partition coefficient (Wildman–Crippen LogP) is 5.68. The molecule has 0 N–H and O–H groups in total. The summed E-state index contributed by atoms with van der Waals surface area (Å²) in [6, 6.07) is 4.66. The molecule has 0 saturated carbocycles. The number of alkyl halides is 1. The minimum absolute atomic E-state index is 0.00354. The lowest BCUT2D eigenvalue weighted by atomic mass is 9.82. The molecule has 0 aliphatic carbocycles. The van der Waals surface area contributed by atoms with Gasteiger partial charge in [0.25, 0.3) is 0 Å². The fraction of sp³-hybridized carbons (Fsp3) is 0.524. The molecule has 8 heteroatoms. The second kappa shape index (κ2) is 9.35. The van der Waals surface area contributed by atoms with Crippen molar-refractivity contribution >= 4 is 40.8 Å². The molecule has 1 aliphatic rings. The van der Waals surface area contributed by atoms with E-state index in [0.717, 1.165) is 6.08 Å². The molecule has 160 valence electrons. The first-order valence-corrected chi connectivity index (χ1v) is 10.2. The van der Waals surface area contributed by atoms with Gasteiger partial charge in [-0.3, -0.25) is 0 Å². The Morgan fingerprint density at radius 1 is 1.24 bits per heavy atom. The summed E-state index contributed by atoms with van der Waals surface area (Å²) >= 11 is 12.2. The van der Waals surface area contributed by atoms with Crippen molar-refractivity contribution in [1.29, 1.82) is 0 Å². The van der Waals surface area contributed by atoms with Crippen LogP contribution in [0.15, 0.2) is 24.3 Å². The molecule has 0 aromatic heterocycles. The van der Waals surface area contributed by atoms with Crippen LogP contribution in [0.5, 0.6) is 0 Å². The van der Waals surface area contributed by atoms with Gasteiger partial charge in [0.15, 0.2) is 0 Å². The number of rotatable bonds is 4. The molecule has 0 radical (unpaired) electrons. The van der Waals surface area contributed by atoms with E-state index in [1.807, 2.05) is 0 Å². The third-order valence-electron chi connectivity index (χ3n) is 4.46. The van der Waals surface area contributed by atoms with E-state index in [0.29, 0.717) is 10.6 Å². The minimum atomic E-state index is -1.86. The first-order valence-electron chi connectivity index (χ1n) is 9.46. The number of nitrogens with zero attached hydrogens (tertiary/aromatic N) is 1. The molecule has 1 saturated heterocycles. The van der Waals surface area contributed by atoms with Crippen molar-refractivity contribution < 1.29 is 23.5 Å². The van der Waals surface area contributed by atoms with E-state index in [4.69, 9.17) is 32.7 Å². The van der Waals surface area contributed by atoms with Crippen LogP contribution in [0.25, 0.3) is 5.57 Å². The van der Waals surface area contributed by atoms with Crippen LogP contribution in [-0.4, -0.2) is 47.9 Å². The Hall–Kier alpha value is -1.79. The number of allylic oxidation sites excluding steroid dienone is 1. The molecular weight excluding hydrogens is 420 g/mol. The molecular formula is C21H26Cl2FNO4. The molecule has 5 nitrogen and oxygen atoms in total. The lowest BCUT2D eigenvalue weighted by Gasteiger charge is -2.38. The summed E-state index contributed by atoms with van der Waals surface area (Å²) in [6.07, 6.45) is 0.647. The Balaban J connectivity index is 2.30. The van der Waals surface area contributed by atoms with Crippen molar-refractivity contribution in [2.45, 2.75) is 51.8 Å². The van der Waals surface area contributed by atoms with Crippen molar-refractivity contribution in [2.75, 3.05) is 19.7 Å². The molecule has 29 heavy (non-hydrogen) atoms. The third kappa shape index (κ3) is 6.34. The highest BCUT2D eigenvalue weighted by Gasteiger charge is 2.41. The van der Waals surface area contributed by atoms with Gasteiger partial charge in [-0.05, 0) is 45.4 Å². The second-order valence-electron chi connectivity index (χ2n) is 7.87. The number of esters is 1. The van der Waals surface area contributed by atoms with Crippen molar-refractivity contribution in [3.8, 4) is 0 Å². The van der Waals surface area contributed by atoms with Crippen LogP contribution in [0.1, 0.15) is 46.1 Å². The van der Waals surface area contributed by atoms with Crippen LogP contribution in [0.2, 0.25) is 10.0 Å². The van der Waals surface area contributed by atoms with E-state index < -0.39 is 23.3 Å². The lowest BCUT2D eigenvalue weighted by Crippen LogP contribution is -2.46. The molecule has 0 spiro atoms. The molecule has 2 rings (SSSR count). The van der Waals surface area contributed by atoms with Crippen LogP contribution < -0.4 is 0 Å². The quantitative estimate of drug-likeness (QED) is 0.441. The number of likely N-dealkylation sites (tertiary alicyclic amines) is 1. The zero-order valence-corrected chi connectivity index (χ0v) is 18.6. The van der Waals surface area contributed by atoms with Crippen molar-refractivity contribution in [3.05, 3.63) is 39.9 Å². The van der Waals surface area contributed by atoms with Crippen molar-refractivity contribution in [3.63, 3.8) is 0 Å². The molecule has 1 aromatic carbocycles. The van der Waals surface area contributed by atoms with Gasteiger partial charge in [0, 0.05) is 47.6 Å². The Labute approximate surface area is 180 Å². The largest absolute Gasteiger partial charge is 0.463 e. The molecule has 1 amide bonds. The SMILES string of the molecule is CCOC(=O)/C=C(/c1ccc(Cl)cc1Cl)C1(F)CCN(C(=O)OC(C)(C)C)CC1. The van der Waals surface area contributed by atoms with Gasteiger partial charge in [-0.25, -0.2) is 14.0 Å². The standard InChI is InChI=1S/C21H26Cl2FNO4/c1-5-28-18(26)13-16(15-7-6-14(22)12-17(15)23)21(24)8-10-25(11-9-21)19(27)29-20(2,3)4/h6-7,12-13H,5,8-11H2,1-4H3/b16-13-. The number of amides is 1. The number of benzene rings is 1. The van der Waals surface area contributed by atoms with Gasteiger partial charge in [-0.1, -0.05) is 29.3 Å². The summed E-state index contributed by atoms with van der Waals surface area (Å²) in [5.74, 6) is -0.653. The zero-order valence-electron chi connectivity index (χ0n) is 17.1. The third-order valence-corrected chi connectivity index (χ3v) is 5.01. The summed E-state index contributed by atoms with van der Waals surface area (Å²) < 4.78 is 26.4. The predicted molar refractivity (Wildman–Crippen MR) is 112 cm³/mol. The summed E-state index contributed by atoms with van der Waals surface area (Å²) in [6.45, 7) is 7.46. The smallest absolute Gasteiger partial charge is 0.410 e. The van der Waals surface area contributed by atoms with Gasteiger partial charge in [0.1, 0.15) is 11.3 Å². The van der Waals surface area contributed by atoms with E-state index in [1.54, 1.807) is 39.8 Å². The molecule has 0 atom stereocenters. The van der Waals surface area contributed by atoms with E-state index >= 15 is 4.39 Å². The maximum Gasteiger partial charge on any atom is 0.410 e. The first kappa shape index (κ1) is 23.5. The summed E-state index contributed by atoms with van der Waals surface area (Å²) in [5, 5.41) is 0.640. The number of halogens is 3. The number of piperidine rings is 1. The monoisotopic (exact) mass is 445 g/mol. The summed E-state index contributed by atoms with van der Waals surface area (Å²) in [4.78, 5) is 25.8. The number of carbonyl (C=O) groups is 2. The minimum Gasteiger partial charge on any atom is -0.463 e. The van der Waals surface area contributed by atoms with E-state index in [9.17, 15) is 9.59 Å². The summed E-state index contributed by atoms with van der Waals surface area (Å²) in [7, 11) is 0. The van der Waals surface area contributed by atoms with Crippen LogP contribution in [-0.2, 0) is 14.3 Å². The highest BCUT2D eigenvalue weighted by molar-refractivity contribution is 6.35. The Morgan fingerprint density at radius 3 is 2.38 bits per heavy atom. The van der Waals surface area contributed by atoms with Gasteiger partial charge in [-0.2, -0.15) is 0 Å². The van der Waals surface area contributed by atoms with E-state index in [-0.39, 0.29) is 43.1 Å². The second-order valence-corrected chi connectivity index (χ2v) is 8.71. The van der Waals surface area contributed by atoms with Gasteiger partial charge >= 0.3 is 12.1 Å². The maximum atomic E-state index is 16.0. The van der Waals surface area contributed by atoms with Gasteiger partial charge in [0.05, 0.1) is 6.61 Å². The number of hydrogen-bond acceptors (Lipinski definition) is 4. The average Bonchev–Trinajstić information content (AvgIpc) is 2.59. The lowest BCUT2D eigenvalue weighted by molar-refractivity contribution is -0.137. The molecule has 0 bridgehead atoms. The highest BCUT2D eigenvalue weighted by atomic mass is 35.5. The van der Waals surface area contributed by atoms with Crippen molar-refractivity contribution in [2.24, 2.45) is 0 Å². The Morgan fingerprint density at radius 2 is 1.86 bits per heavy atom. The molecule has 1 aromatic rings. The first-order chi connectivity index (χ1) is 13.4. The Kier molecular flexibility index (Phi) is 7.57. The molecule has 1 heterocycles. The van der Waals surface area contributed by atoms with Crippen LogP contribution in [0.3, 0.4) is 0 Å². The number of carbonyl (C=O) groups excluding carboxylic acids is 2. The molecule has 0 unspecified atom stereocenters. The number of hydrogen-bond donors (Lipinski definition) is 0. The molecule has 1 aliphatic heterocycles. The maximum absolute atomic E-state index is 16.0. The average molecular weight is 446 g/mol. The topological polar surface area (TPSA) is 55.8 Å². The zero-order chi connectivity index (χ0) is 21.8. The fourth-order valence-electron chi connectivity index (χ4n) is 3.10. The summed E-state index contributed by atoms with van der Waals surface area (Å²) in [5.41, 5.74) is -1.99. The van der Waals surface area contributed by atoms with Crippen LogP contribution >= 0.6 is 23.2 Å². The van der Waals surface area contributed by atoms with Gasteiger partial charge in [0.2, 0.25) is 0 Å². The van der Waals surface area contributed by atoms with Gasteiger partial charge < -0.3 is 14.4 Å². The van der Waals surface area contributed by atoms with Crippen molar-refractivity contribution in [1.82, 2.24) is 4.90 Å². The highest BCUT2D eigenvalue weighted by Crippen LogP contribution is 2.42. The van der Waals surface area contributed by atoms with Crippen LogP contribution in [0.4, 0.5) is 9.18 Å². The number of ether oxygens (including phenoxy) is 2. The normalized spacial score (nSPS) is 17.1. The van der Waals surface area contributed by atoms with Gasteiger partial charge in [-0.15, -0.1) is 0 Å².